The molecule has 116 valence electrons. The van der Waals surface area contributed by atoms with Crippen LogP contribution in [0, 0.1) is 0 Å². The van der Waals surface area contributed by atoms with Gasteiger partial charge in [-0.15, -0.1) is 0 Å². The van der Waals surface area contributed by atoms with Crippen LogP contribution in [0.2, 0.25) is 0 Å². The molecular formula is C20H19O2P. The van der Waals surface area contributed by atoms with E-state index in [-0.39, 0.29) is 0 Å². The minimum absolute atomic E-state index is 0.700. The third kappa shape index (κ3) is 3.38. The first-order valence-electron chi connectivity index (χ1n) is 7.45. The van der Waals surface area contributed by atoms with E-state index in [0.29, 0.717) is 0 Å². The summed E-state index contributed by atoms with van der Waals surface area (Å²) in [6.45, 7) is 0. The van der Waals surface area contributed by atoms with Crippen LogP contribution in [-0.2, 0) is 0 Å². The van der Waals surface area contributed by atoms with Gasteiger partial charge in [0.2, 0.25) is 0 Å². The van der Waals surface area contributed by atoms with E-state index in [1.807, 2.05) is 24.3 Å². The molecule has 0 spiro atoms. The first-order chi connectivity index (χ1) is 11.3. The summed E-state index contributed by atoms with van der Waals surface area (Å²) in [6, 6.07) is 27.1. The van der Waals surface area contributed by atoms with Crippen molar-refractivity contribution in [1.29, 1.82) is 0 Å². The highest BCUT2D eigenvalue weighted by molar-refractivity contribution is 7.80. The quantitative estimate of drug-likeness (QED) is 0.670. The molecule has 3 aromatic carbocycles. The molecule has 0 aliphatic carbocycles. The van der Waals surface area contributed by atoms with Crippen molar-refractivity contribution < 1.29 is 9.47 Å². The molecular weight excluding hydrogens is 303 g/mol. The Balaban J connectivity index is 2.20. The van der Waals surface area contributed by atoms with Crippen molar-refractivity contribution in [3.05, 3.63) is 78.9 Å². The molecule has 0 amide bonds. The predicted molar refractivity (Wildman–Crippen MR) is 98.3 cm³/mol. The summed E-state index contributed by atoms with van der Waals surface area (Å²) in [5.74, 6) is 1.74. The van der Waals surface area contributed by atoms with E-state index in [1.54, 1.807) is 14.2 Å². The minimum Gasteiger partial charge on any atom is -0.497 e. The van der Waals surface area contributed by atoms with Crippen LogP contribution in [0.5, 0.6) is 11.5 Å². The highest BCUT2D eigenvalue weighted by atomic mass is 31.1. The van der Waals surface area contributed by atoms with Crippen LogP contribution in [0.15, 0.2) is 78.9 Å². The largest absolute Gasteiger partial charge is 0.497 e. The fraction of sp³-hybridized carbons (Fsp3) is 0.100. The van der Waals surface area contributed by atoms with E-state index >= 15 is 0 Å². The molecule has 0 aliphatic rings. The summed E-state index contributed by atoms with van der Waals surface area (Å²) in [7, 11) is 2.71. The molecule has 0 saturated carbocycles. The molecule has 0 heterocycles. The first kappa shape index (κ1) is 15.6. The van der Waals surface area contributed by atoms with Crippen molar-refractivity contribution in [1.82, 2.24) is 0 Å². The monoisotopic (exact) mass is 322 g/mol. The highest BCUT2D eigenvalue weighted by Crippen LogP contribution is 2.37. The van der Waals surface area contributed by atoms with E-state index in [0.717, 1.165) is 11.5 Å². The van der Waals surface area contributed by atoms with Crippen molar-refractivity contribution >= 4 is 23.8 Å². The lowest BCUT2D eigenvalue weighted by Gasteiger charge is -2.22. The molecule has 23 heavy (non-hydrogen) atoms. The Morgan fingerprint density at radius 1 is 0.652 bits per heavy atom. The zero-order chi connectivity index (χ0) is 16.1. The summed E-state index contributed by atoms with van der Waals surface area (Å²) < 4.78 is 11.1. The third-order valence-corrected chi connectivity index (χ3v) is 6.12. The van der Waals surface area contributed by atoms with Gasteiger partial charge in [-0.05, 0) is 36.7 Å². The molecule has 0 saturated heterocycles. The lowest BCUT2D eigenvalue weighted by atomic mass is 10.3. The second-order valence-corrected chi connectivity index (χ2v) is 7.23. The topological polar surface area (TPSA) is 18.5 Å². The number of ether oxygens (including phenoxy) is 2. The zero-order valence-corrected chi connectivity index (χ0v) is 14.2. The van der Waals surface area contributed by atoms with Crippen LogP contribution in [0.4, 0.5) is 0 Å². The fourth-order valence-corrected chi connectivity index (χ4v) is 4.99. The number of methoxy groups -OCH3 is 2. The van der Waals surface area contributed by atoms with Crippen molar-refractivity contribution in [2.45, 2.75) is 0 Å². The Hall–Kier alpha value is -2.31. The van der Waals surface area contributed by atoms with Crippen molar-refractivity contribution in [2.75, 3.05) is 14.2 Å². The van der Waals surface area contributed by atoms with Gasteiger partial charge >= 0.3 is 0 Å². The third-order valence-electron chi connectivity index (χ3n) is 3.66. The Labute approximate surface area is 138 Å². The maximum Gasteiger partial charge on any atom is 0.127 e. The van der Waals surface area contributed by atoms with Gasteiger partial charge in [0.15, 0.2) is 0 Å². The molecule has 0 fully saturated rings. The molecule has 0 bridgehead atoms. The maximum atomic E-state index is 5.63. The van der Waals surface area contributed by atoms with E-state index in [1.165, 1.54) is 15.9 Å². The van der Waals surface area contributed by atoms with Crippen LogP contribution in [0.1, 0.15) is 0 Å². The van der Waals surface area contributed by atoms with Crippen LogP contribution in [0.25, 0.3) is 0 Å². The van der Waals surface area contributed by atoms with Crippen molar-refractivity contribution in [2.24, 2.45) is 0 Å². The average Bonchev–Trinajstić information content (AvgIpc) is 2.63. The predicted octanol–water partition coefficient (Wildman–Crippen LogP) is 3.46. The molecule has 3 rings (SSSR count). The molecule has 0 unspecified atom stereocenters. The smallest absolute Gasteiger partial charge is 0.127 e. The molecule has 0 N–H and O–H groups in total. The molecule has 3 aromatic rings. The van der Waals surface area contributed by atoms with Gasteiger partial charge in [-0.25, -0.2) is 0 Å². The molecule has 0 aromatic heterocycles. The summed E-state index contributed by atoms with van der Waals surface area (Å²) in [5.41, 5.74) is 0. The van der Waals surface area contributed by atoms with Gasteiger partial charge in [0.05, 0.1) is 14.2 Å². The fourth-order valence-electron chi connectivity index (χ4n) is 2.55. The Morgan fingerprint density at radius 2 is 1.22 bits per heavy atom. The number of rotatable bonds is 5. The standard InChI is InChI=1S/C20H19O2P/c1-21-16-13-14-19(22-2)20(15-16)23(17-9-5-3-6-10-17)18-11-7-4-8-12-18/h3-15H,1-2H3. The van der Waals surface area contributed by atoms with Crippen molar-refractivity contribution in [3.63, 3.8) is 0 Å². The van der Waals surface area contributed by atoms with Crippen molar-refractivity contribution in [3.8, 4) is 11.5 Å². The van der Waals surface area contributed by atoms with Gasteiger partial charge in [-0.1, -0.05) is 60.7 Å². The SMILES string of the molecule is COc1ccc(OC)c(P(c2ccccc2)c2ccccc2)c1. The molecule has 0 aliphatic heterocycles. The Kier molecular flexibility index (Phi) is 4.95. The summed E-state index contributed by atoms with van der Waals surface area (Å²) >= 11 is 0. The average molecular weight is 322 g/mol. The number of hydrogen-bond acceptors (Lipinski definition) is 2. The zero-order valence-electron chi connectivity index (χ0n) is 13.3. The van der Waals surface area contributed by atoms with Gasteiger partial charge < -0.3 is 9.47 Å². The van der Waals surface area contributed by atoms with Gasteiger partial charge in [0.25, 0.3) is 0 Å². The second kappa shape index (κ2) is 7.30. The van der Waals surface area contributed by atoms with Crippen LogP contribution >= 0.6 is 7.92 Å². The molecule has 0 radical (unpaired) electrons. The Morgan fingerprint density at radius 3 is 1.70 bits per heavy atom. The number of hydrogen-bond donors (Lipinski definition) is 0. The van der Waals surface area contributed by atoms with Crippen LogP contribution in [0.3, 0.4) is 0 Å². The summed E-state index contributed by atoms with van der Waals surface area (Å²) in [5, 5.41) is 3.75. The normalized spacial score (nSPS) is 10.6. The van der Waals surface area contributed by atoms with E-state index in [9.17, 15) is 0 Å². The highest BCUT2D eigenvalue weighted by Gasteiger charge is 2.20. The minimum atomic E-state index is -0.700. The van der Waals surface area contributed by atoms with E-state index in [4.69, 9.17) is 9.47 Å². The van der Waals surface area contributed by atoms with E-state index in [2.05, 4.69) is 54.6 Å². The number of benzene rings is 3. The first-order valence-corrected chi connectivity index (χ1v) is 8.80. The molecule has 0 atom stereocenters. The van der Waals surface area contributed by atoms with Crippen LogP contribution < -0.4 is 25.4 Å². The Bertz CT molecular complexity index is 718. The summed E-state index contributed by atoms with van der Waals surface area (Å²) in [6.07, 6.45) is 0. The van der Waals surface area contributed by atoms with Crippen LogP contribution in [-0.4, -0.2) is 14.2 Å². The van der Waals surface area contributed by atoms with Gasteiger partial charge in [-0.2, -0.15) is 0 Å². The van der Waals surface area contributed by atoms with Gasteiger partial charge in [-0.3, -0.25) is 0 Å². The second-order valence-electron chi connectivity index (χ2n) is 5.04. The van der Waals surface area contributed by atoms with Gasteiger partial charge in [0.1, 0.15) is 11.5 Å². The van der Waals surface area contributed by atoms with E-state index < -0.39 is 7.92 Å². The lowest BCUT2D eigenvalue weighted by molar-refractivity contribution is 0.406. The maximum absolute atomic E-state index is 5.63. The summed E-state index contributed by atoms with van der Waals surface area (Å²) in [4.78, 5) is 0. The molecule has 3 heteroatoms. The van der Waals surface area contributed by atoms with Gasteiger partial charge in [0, 0.05) is 5.30 Å². The molecule has 2 nitrogen and oxygen atoms in total. The lowest BCUT2D eigenvalue weighted by Crippen LogP contribution is -2.22.